The van der Waals surface area contributed by atoms with E-state index in [0.29, 0.717) is 38.8 Å². The van der Waals surface area contributed by atoms with Crippen LogP contribution in [0.5, 0.6) is 0 Å². The van der Waals surface area contributed by atoms with Gasteiger partial charge in [0.2, 0.25) is 5.82 Å². The fourth-order valence-corrected chi connectivity index (χ4v) is 3.35. The van der Waals surface area contributed by atoms with Crippen LogP contribution in [0.2, 0.25) is 5.02 Å². The number of carbonyl (C=O) groups is 1. The van der Waals surface area contributed by atoms with Gasteiger partial charge in [-0.2, -0.15) is 5.21 Å². The number of furan rings is 1. The van der Waals surface area contributed by atoms with E-state index >= 15 is 0 Å². The first-order valence-corrected chi connectivity index (χ1v) is 8.99. The molecule has 0 atom stereocenters. The van der Waals surface area contributed by atoms with Gasteiger partial charge in [-0.05, 0) is 35.5 Å². The second kappa shape index (κ2) is 6.95. The van der Waals surface area contributed by atoms with E-state index in [4.69, 9.17) is 16.0 Å². The number of hydrogen-bond acceptors (Lipinski definition) is 7. The average molecular weight is 406 g/mol. The van der Waals surface area contributed by atoms with Gasteiger partial charge in [-0.3, -0.25) is 14.8 Å². The fraction of sp³-hybridized carbons (Fsp3) is 0.0526. The highest BCUT2D eigenvalue weighted by molar-refractivity contribution is 6.31. The minimum absolute atomic E-state index is 0.181. The van der Waals surface area contributed by atoms with Crippen molar-refractivity contribution in [2.75, 3.05) is 0 Å². The van der Waals surface area contributed by atoms with E-state index in [1.165, 1.54) is 6.20 Å². The fourth-order valence-electron chi connectivity index (χ4n) is 3.13. The normalized spacial score (nSPS) is 11.2. The maximum Gasteiger partial charge on any atom is 0.255 e. The molecule has 0 aliphatic carbocycles. The van der Waals surface area contributed by atoms with E-state index in [1.54, 1.807) is 30.6 Å². The van der Waals surface area contributed by atoms with Crippen molar-refractivity contribution in [3.8, 4) is 11.4 Å². The zero-order chi connectivity index (χ0) is 19.8. The first-order valence-electron chi connectivity index (χ1n) is 8.62. The van der Waals surface area contributed by atoms with Crippen LogP contribution < -0.4 is 5.32 Å². The molecule has 5 rings (SSSR count). The monoisotopic (exact) mass is 405 g/mol. The molecule has 0 saturated heterocycles. The number of pyridine rings is 2. The lowest BCUT2D eigenvalue weighted by molar-refractivity contribution is 0.0949. The number of rotatable bonds is 4. The molecular formula is C19H12ClN7O2. The van der Waals surface area contributed by atoms with E-state index < -0.39 is 0 Å². The number of carbonyl (C=O) groups excluding carboxylic acids is 1. The van der Waals surface area contributed by atoms with Crippen molar-refractivity contribution in [2.45, 2.75) is 6.54 Å². The van der Waals surface area contributed by atoms with Crippen LogP contribution in [0.15, 0.2) is 53.3 Å². The largest absolute Gasteiger partial charge is 0.458 e. The van der Waals surface area contributed by atoms with E-state index in [2.05, 4.69) is 35.9 Å². The predicted octanol–water partition coefficient (Wildman–Crippen LogP) is 3.14. The Morgan fingerprint density at radius 1 is 1.21 bits per heavy atom. The van der Waals surface area contributed by atoms with Gasteiger partial charge in [0.15, 0.2) is 0 Å². The quantitative estimate of drug-likeness (QED) is 0.470. The Hall–Kier alpha value is -3.85. The molecule has 0 fully saturated rings. The number of halogens is 1. The third-order valence-corrected chi connectivity index (χ3v) is 4.62. The van der Waals surface area contributed by atoms with Gasteiger partial charge < -0.3 is 9.73 Å². The highest BCUT2D eigenvalue weighted by Crippen LogP contribution is 2.32. The summed E-state index contributed by atoms with van der Waals surface area (Å²) < 4.78 is 5.93. The lowest BCUT2D eigenvalue weighted by Gasteiger charge is -2.05. The summed E-state index contributed by atoms with van der Waals surface area (Å²) >= 11 is 6.20. The predicted molar refractivity (Wildman–Crippen MR) is 105 cm³/mol. The van der Waals surface area contributed by atoms with Gasteiger partial charge in [-0.15, -0.1) is 10.2 Å². The van der Waals surface area contributed by atoms with Crippen LogP contribution in [0, 0.1) is 0 Å². The molecule has 0 unspecified atom stereocenters. The molecule has 2 N–H and O–H groups in total. The molecule has 0 radical (unpaired) electrons. The molecule has 1 amide bonds. The Balaban J connectivity index is 1.44. The van der Waals surface area contributed by atoms with E-state index in [0.717, 1.165) is 10.8 Å². The zero-order valence-electron chi connectivity index (χ0n) is 14.8. The summed E-state index contributed by atoms with van der Waals surface area (Å²) in [7, 11) is 0. The molecular weight excluding hydrogens is 394 g/mol. The van der Waals surface area contributed by atoms with Crippen molar-refractivity contribution in [3.05, 3.63) is 65.3 Å². The van der Waals surface area contributed by atoms with Gasteiger partial charge in [0.05, 0.1) is 23.2 Å². The minimum Gasteiger partial charge on any atom is -0.458 e. The summed E-state index contributed by atoms with van der Waals surface area (Å²) in [5, 5.41) is 18.9. The average Bonchev–Trinajstić information content (AvgIpc) is 3.41. The first kappa shape index (κ1) is 17.3. The maximum absolute atomic E-state index is 12.7. The highest BCUT2D eigenvalue weighted by Gasteiger charge is 2.16. The van der Waals surface area contributed by atoms with Crippen LogP contribution in [-0.4, -0.2) is 36.5 Å². The SMILES string of the molecule is O=C(NCc1cc2cc(Cl)cc(-c3nn[nH]n3)c2o1)c1cncc2cccnc12. The summed E-state index contributed by atoms with van der Waals surface area (Å²) in [5.74, 6) is 0.635. The molecule has 0 aliphatic rings. The number of fused-ring (bicyclic) bond motifs is 2. The van der Waals surface area contributed by atoms with Gasteiger partial charge in [-0.25, -0.2) is 0 Å². The first-order chi connectivity index (χ1) is 14.2. The Bertz CT molecular complexity index is 1340. The number of H-pyrrole nitrogens is 1. The number of tetrazole rings is 1. The van der Waals surface area contributed by atoms with Crippen LogP contribution in [0.4, 0.5) is 0 Å². The van der Waals surface area contributed by atoms with Gasteiger partial charge in [0.1, 0.15) is 11.3 Å². The van der Waals surface area contributed by atoms with Gasteiger partial charge in [0, 0.05) is 34.4 Å². The molecule has 9 nitrogen and oxygen atoms in total. The summed E-state index contributed by atoms with van der Waals surface area (Å²) in [5.41, 5.74) is 2.17. The number of aromatic amines is 1. The van der Waals surface area contributed by atoms with Crippen LogP contribution in [0.1, 0.15) is 16.1 Å². The molecule has 4 aromatic heterocycles. The smallest absolute Gasteiger partial charge is 0.255 e. The number of nitrogens with zero attached hydrogens (tertiary/aromatic N) is 5. The van der Waals surface area contributed by atoms with E-state index in [9.17, 15) is 4.79 Å². The van der Waals surface area contributed by atoms with E-state index in [1.807, 2.05) is 12.1 Å². The standard InChI is InChI=1S/C19H12ClN7O2/c20-12-4-11-5-13(29-17(11)14(6-12)18-24-26-27-25-18)8-23-19(28)15-9-21-7-10-2-1-3-22-16(10)15/h1-7,9H,8H2,(H,23,28)(H,24,25,26,27). The maximum atomic E-state index is 12.7. The van der Waals surface area contributed by atoms with Gasteiger partial charge in [0.25, 0.3) is 5.91 Å². The summed E-state index contributed by atoms with van der Waals surface area (Å²) in [6.45, 7) is 0.181. The molecule has 4 heterocycles. The molecule has 0 bridgehead atoms. The summed E-state index contributed by atoms with van der Waals surface area (Å²) in [6.07, 6.45) is 4.81. The number of aromatic nitrogens is 6. The van der Waals surface area contributed by atoms with Crippen LogP contribution in [0.3, 0.4) is 0 Å². The number of hydrogen-bond donors (Lipinski definition) is 2. The zero-order valence-corrected chi connectivity index (χ0v) is 15.5. The Morgan fingerprint density at radius 3 is 3.00 bits per heavy atom. The van der Waals surface area contributed by atoms with Crippen molar-refractivity contribution in [2.24, 2.45) is 0 Å². The number of nitrogens with one attached hydrogen (secondary N) is 2. The number of amides is 1. The summed E-state index contributed by atoms with van der Waals surface area (Å²) in [6, 6.07) is 8.94. The topological polar surface area (TPSA) is 122 Å². The van der Waals surface area contributed by atoms with Crippen molar-refractivity contribution in [1.82, 2.24) is 35.9 Å². The molecule has 142 valence electrons. The van der Waals surface area contributed by atoms with Crippen molar-refractivity contribution >= 4 is 39.4 Å². The second-order valence-corrected chi connectivity index (χ2v) is 6.70. The molecule has 0 saturated carbocycles. The minimum atomic E-state index is -0.293. The number of benzene rings is 1. The van der Waals surface area contributed by atoms with E-state index in [-0.39, 0.29) is 12.5 Å². The molecule has 0 aliphatic heterocycles. The summed E-state index contributed by atoms with van der Waals surface area (Å²) in [4.78, 5) is 21.1. The van der Waals surface area contributed by atoms with Crippen LogP contribution in [0.25, 0.3) is 33.3 Å². The Labute approximate surface area is 168 Å². The Morgan fingerprint density at radius 2 is 2.14 bits per heavy atom. The van der Waals surface area contributed by atoms with Crippen LogP contribution in [-0.2, 0) is 6.54 Å². The molecule has 0 spiro atoms. The molecule has 29 heavy (non-hydrogen) atoms. The molecule has 10 heteroatoms. The second-order valence-electron chi connectivity index (χ2n) is 6.26. The highest BCUT2D eigenvalue weighted by atomic mass is 35.5. The third kappa shape index (κ3) is 3.17. The lowest BCUT2D eigenvalue weighted by Crippen LogP contribution is -2.23. The Kier molecular flexibility index (Phi) is 4.14. The van der Waals surface area contributed by atoms with Crippen molar-refractivity contribution < 1.29 is 9.21 Å². The van der Waals surface area contributed by atoms with Gasteiger partial charge >= 0.3 is 0 Å². The van der Waals surface area contributed by atoms with Crippen molar-refractivity contribution in [1.29, 1.82) is 0 Å². The third-order valence-electron chi connectivity index (χ3n) is 4.40. The molecule has 5 aromatic rings. The van der Waals surface area contributed by atoms with Crippen molar-refractivity contribution in [3.63, 3.8) is 0 Å². The van der Waals surface area contributed by atoms with Gasteiger partial charge in [-0.1, -0.05) is 11.6 Å². The lowest BCUT2D eigenvalue weighted by atomic mass is 10.1. The molecule has 1 aromatic carbocycles. The van der Waals surface area contributed by atoms with Crippen LogP contribution >= 0.6 is 11.6 Å².